The minimum Gasteiger partial charge on any atom is -0.381 e. The lowest BCUT2D eigenvalue weighted by Crippen LogP contribution is -2.42. The van der Waals surface area contributed by atoms with Crippen LogP contribution in [0.25, 0.3) is 0 Å². The van der Waals surface area contributed by atoms with Crippen LogP contribution in [0.5, 0.6) is 0 Å². The second-order valence-electron chi connectivity index (χ2n) is 4.68. The Kier molecular flexibility index (Phi) is 5.03. The highest BCUT2D eigenvalue weighted by Gasteiger charge is 2.23. The number of methoxy groups -OCH3 is 1. The van der Waals surface area contributed by atoms with Crippen molar-refractivity contribution in [3.63, 3.8) is 0 Å². The first-order valence-corrected chi connectivity index (χ1v) is 6.35. The summed E-state index contributed by atoms with van der Waals surface area (Å²) in [7, 11) is 1.79. The van der Waals surface area contributed by atoms with Crippen LogP contribution in [0.1, 0.15) is 25.7 Å². The van der Waals surface area contributed by atoms with Crippen LogP contribution in [0.2, 0.25) is 0 Å². The summed E-state index contributed by atoms with van der Waals surface area (Å²) in [5.41, 5.74) is 0. The minimum absolute atomic E-state index is 0.233. The molecule has 0 radical (unpaired) electrons. The van der Waals surface area contributed by atoms with Crippen LogP contribution in [0, 0.1) is 0 Å². The molecule has 1 saturated heterocycles. The van der Waals surface area contributed by atoms with Gasteiger partial charge in [0.2, 0.25) is 0 Å². The summed E-state index contributed by atoms with van der Waals surface area (Å²) >= 11 is 0. The third-order valence-corrected chi connectivity index (χ3v) is 3.43. The van der Waals surface area contributed by atoms with Gasteiger partial charge in [0, 0.05) is 20.2 Å². The Bertz CT molecular complexity index is 195. The lowest BCUT2D eigenvalue weighted by molar-refractivity contribution is -0.0802. The normalized spacial score (nSPS) is 36.2. The summed E-state index contributed by atoms with van der Waals surface area (Å²) < 4.78 is 16.9. The Morgan fingerprint density at radius 3 is 2.94 bits per heavy atom. The van der Waals surface area contributed by atoms with Crippen LogP contribution in [-0.4, -0.2) is 51.7 Å². The highest BCUT2D eigenvalue weighted by atomic mass is 16.5. The zero-order valence-electron chi connectivity index (χ0n) is 10.1. The molecular formula is C12H23NO3. The maximum absolute atomic E-state index is 5.91. The molecule has 3 unspecified atom stereocenters. The summed E-state index contributed by atoms with van der Waals surface area (Å²) in [5, 5.41) is 3.31. The maximum atomic E-state index is 5.91. The van der Waals surface area contributed by atoms with E-state index in [0.29, 0.717) is 18.8 Å². The quantitative estimate of drug-likeness (QED) is 0.779. The van der Waals surface area contributed by atoms with Gasteiger partial charge in [0.1, 0.15) is 0 Å². The van der Waals surface area contributed by atoms with Crippen molar-refractivity contribution >= 4 is 0 Å². The molecule has 2 fully saturated rings. The van der Waals surface area contributed by atoms with Crippen molar-refractivity contribution in [2.45, 2.75) is 44.0 Å². The molecule has 4 nitrogen and oxygen atoms in total. The zero-order valence-corrected chi connectivity index (χ0v) is 10.1. The van der Waals surface area contributed by atoms with Crippen LogP contribution in [0.3, 0.4) is 0 Å². The Hall–Kier alpha value is -0.160. The smallest absolute Gasteiger partial charge is 0.0933 e. The van der Waals surface area contributed by atoms with Gasteiger partial charge in [0.25, 0.3) is 0 Å². The molecule has 1 N–H and O–H groups in total. The lowest BCUT2D eigenvalue weighted by atomic mass is 9.95. The summed E-state index contributed by atoms with van der Waals surface area (Å²) in [5.74, 6) is 0. The van der Waals surface area contributed by atoms with Crippen molar-refractivity contribution in [1.29, 1.82) is 0 Å². The number of nitrogens with one attached hydrogen (secondary N) is 1. The van der Waals surface area contributed by atoms with Crippen molar-refractivity contribution in [3.8, 4) is 0 Å². The summed E-state index contributed by atoms with van der Waals surface area (Å²) in [4.78, 5) is 0. The first-order chi connectivity index (χ1) is 7.88. The summed E-state index contributed by atoms with van der Waals surface area (Å²) in [6, 6.07) is 0. The van der Waals surface area contributed by atoms with Gasteiger partial charge in [-0.05, 0) is 25.7 Å². The van der Waals surface area contributed by atoms with Gasteiger partial charge >= 0.3 is 0 Å². The molecule has 4 heteroatoms. The molecule has 0 spiro atoms. The molecule has 1 saturated carbocycles. The van der Waals surface area contributed by atoms with Crippen LogP contribution < -0.4 is 5.32 Å². The number of rotatable bonds is 4. The summed E-state index contributed by atoms with van der Waals surface area (Å²) in [6.45, 7) is 3.40. The predicted octanol–water partition coefficient (Wildman–Crippen LogP) is 0.949. The van der Waals surface area contributed by atoms with E-state index >= 15 is 0 Å². The first-order valence-electron chi connectivity index (χ1n) is 6.35. The van der Waals surface area contributed by atoms with Gasteiger partial charge in [-0.3, -0.25) is 0 Å². The molecule has 3 atom stereocenters. The zero-order chi connectivity index (χ0) is 11.2. The molecule has 94 valence electrons. The SMILES string of the molecule is COC1CCCC(OCC2CNCCO2)C1. The molecule has 2 aliphatic rings. The van der Waals surface area contributed by atoms with Crippen LogP contribution >= 0.6 is 0 Å². The average Bonchev–Trinajstić information content (AvgIpc) is 2.38. The molecule has 1 aliphatic heterocycles. The molecule has 0 amide bonds. The fraction of sp³-hybridized carbons (Fsp3) is 1.00. The van der Waals surface area contributed by atoms with Crippen molar-refractivity contribution in [2.75, 3.05) is 33.4 Å². The molecule has 0 aromatic heterocycles. The largest absolute Gasteiger partial charge is 0.381 e. The standard InChI is InChI=1S/C12H23NO3/c1-14-10-3-2-4-11(7-10)16-9-12-8-13-5-6-15-12/h10-13H,2-9H2,1H3. The Morgan fingerprint density at radius 1 is 1.31 bits per heavy atom. The van der Waals surface area contributed by atoms with E-state index in [1.54, 1.807) is 7.11 Å². The highest BCUT2D eigenvalue weighted by molar-refractivity contribution is 4.75. The monoisotopic (exact) mass is 229 g/mol. The fourth-order valence-corrected chi connectivity index (χ4v) is 2.44. The Morgan fingerprint density at radius 2 is 2.19 bits per heavy atom. The second kappa shape index (κ2) is 6.55. The van der Waals surface area contributed by atoms with E-state index in [-0.39, 0.29) is 6.10 Å². The maximum Gasteiger partial charge on any atom is 0.0933 e. The van der Waals surface area contributed by atoms with Gasteiger partial charge in [0.15, 0.2) is 0 Å². The van der Waals surface area contributed by atoms with E-state index in [1.807, 2.05) is 0 Å². The van der Waals surface area contributed by atoms with Crippen LogP contribution in [0.4, 0.5) is 0 Å². The number of morpholine rings is 1. The molecular weight excluding hydrogens is 206 g/mol. The van der Waals surface area contributed by atoms with Gasteiger partial charge < -0.3 is 19.5 Å². The van der Waals surface area contributed by atoms with Crippen LogP contribution in [-0.2, 0) is 14.2 Å². The van der Waals surface area contributed by atoms with Crippen molar-refractivity contribution < 1.29 is 14.2 Å². The summed E-state index contributed by atoms with van der Waals surface area (Å²) in [6.07, 6.45) is 5.59. The fourth-order valence-electron chi connectivity index (χ4n) is 2.44. The highest BCUT2D eigenvalue weighted by Crippen LogP contribution is 2.23. The van der Waals surface area contributed by atoms with Gasteiger partial charge in [0.05, 0.1) is 31.5 Å². The topological polar surface area (TPSA) is 39.7 Å². The van der Waals surface area contributed by atoms with E-state index in [1.165, 1.54) is 19.3 Å². The molecule has 0 bridgehead atoms. The van der Waals surface area contributed by atoms with E-state index in [4.69, 9.17) is 14.2 Å². The number of ether oxygens (including phenoxy) is 3. The van der Waals surface area contributed by atoms with E-state index < -0.39 is 0 Å². The second-order valence-corrected chi connectivity index (χ2v) is 4.68. The molecule has 2 rings (SSSR count). The Balaban J connectivity index is 1.64. The van der Waals surface area contributed by atoms with Crippen molar-refractivity contribution in [3.05, 3.63) is 0 Å². The third-order valence-electron chi connectivity index (χ3n) is 3.43. The lowest BCUT2D eigenvalue weighted by Gasteiger charge is -2.30. The van der Waals surface area contributed by atoms with Crippen molar-refractivity contribution in [2.24, 2.45) is 0 Å². The van der Waals surface area contributed by atoms with E-state index in [0.717, 1.165) is 26.1 Å². The molecule has 0 aromatic carbocycles. The number of hydrogen-bond acceptors (Lipinski definition) is 4. The van der Waals surface area contributed by atoms with E-state index in [2.05, 4.69) is 5.32 Å². The molecule has 1 heterocycles. The van der Waals surface area contributed by atoms with Crippen molar-refractivity contribution in [1.82, 2.24) is 5.32 Å². The first kappa shape index (κ1) is 12.3. The molecule has 0 aromatic rings. The minimum atomic E-state index is 0.233. The number of hydrogen-bond donors (Lipinski definition) is 1. The average molecular weight is 229 g/mol. The molecule has 1 aliphatic carbocycles. The Labute approximate surface area is 97.6 Å². The van der Waals surface area contributed by atoms with Gasteiger partial charge in [-0.15, -0.1) is 0 Å². The predicted molar refractivity (Wildman–Crippen MR) is 61.6 cm³/mol. The molecule has 16 heavy (non-hydrogen) atoms. The third kappa shape index (κ3) is 3.70. The van der Waals surface area contributed by atoms with Gasteiger partial charge in [-0.2, -0.15) is 0 Å². The van der Waals surface area contributed by atoms with Crippen LogP contribution in [0.15, 0.2) is 0 Å². The van der Waals surface area contributed by atoms with Gasteiger partial charge in [-0.1, -0.05) is 0 Å². The van der Waals surface area contributed by atoms with Gasteiger partial charge in [-0.25, -0.2) is 0 Å². The van der Waals surface area contributed by atoms with E-state index in [9.17, 15) is 0 Å².